The maximum atomic E-state index is 4.32. The molecule has 0 spiro atoms. The van der Waals surface area contributed by atoms with Gasteiger partial charge in [-0.2, -0.15) is 0 Å². The van der Waals surface area contributed by atoms with Crippen molar-refractivity contribution < 1.29 is 0 Å². The van der Waals surface area contributed by atoms with E-state index in [2.05, 4.69) is 18.7 Å². The Bertz CT molecular complexity index is 18.5. The molecule has 0 nitrogen and oxygen atoms in total. The second kappa shape index (κ2) is 2.96. The lowest BCUT2D eigenvalue weighted by Crippen LogP contribution is -1.23. The molecule has 2 radical (unpaired) electrons. The predicted molar refractivity (Wildman–Crippen MR) is 21.1 cm³/mol. The van der Waals surface area contributed by atoms with Crippen molar-refractivity contribution in [2.45, 2.75) is 6.92 Å². The van der Waals surface area contributed by atoms with Gasteiger partial charge in [-0.3, -0.25) is 0 Å². The van der Waals surface area contributed by atoms with E-state index in [1.54, 1.807) is 6.92 Å². The Balaban J connectivity index is 2.55. The van der Waals surface area contributed by atoms with Crippen LogP contribution in [-0.4, -0.2) is 0 Å². The summed E-state index contributed by atoms with van der Waals surface area (Å²) in [7, 11) is 0. The van der Waals surface area contributed by atoms with Crippen molar-refractivity contribution in [1.82, 2.24) is 0 Å². The highest BCUT2D eigenvalue weighted by atomic mass is 32.1. The number of rotatable bonds is 0. The molecule has 0 aliphatic rings. The summed E-state index contributed by atoms with van der Waals surface area (Å²) in [6, 6.07) is 0. The van der Waals surface area contributed by atoms with Crippen LogP contribution in [0.4, 0.5) is 0 Å². The monoisotopic (exact) mass is 72.0 g/mol. The zero-order valence-electron chi connectivity index (χ0n) is 2.49. The molecule has 0 amide bonds. The van der Waals surface area contributed by atoms with Gasteiger partial charge in [0.05, 0.1) is 0 Å². The SMILES string of the molecule is C/[C]=C/[S]. The van der Waals surface area contributed by atoms with E-state index in [1.807, 2.05) is 0 Å². The van der Waals surface area contributed by atoms with E-state index in [1.165, 1.54) is 5.41 Å². The van der Waals surface area contributed by atoms with Gasteiger partial charge in [0.25, 0.3) is 0 Å². The van der Waals surface area contributed by atoms with E-state index in [-0.39, 0.29) is 0 Å². The van der Waals surface area contributed by atoms with Crippen LogP contribution in [0.25, 0.3) is 0 Å². The van der Waals surface area contributed by atoms with E-state index in [9.17, 15) is 0 Å². The first kappa shape index (κ1) is 3.96. The molecule has 0 rings (SSSR count). The standard InChI is InChI=1S/C3H4S/c1-2-3-4/h3H,1H3. The largest absolute Gasteiger partial charge is 0.0884 e. The molecule has 0 aliphatic heterocycles. The number of hydrogen-bond donors (Lipinski definition) is 0. The van der Waals surface area contributed by atoms with Crippen LogP contribution in [0, 0.1) is 6.08 Å². The molecule has 0 N–H and O–H groups in total. The molecule has 0 unspecified atom stereocenters. The second-order valence-electron chi connectivity index (χ2n) is 0.407. The minimum atomic E-state index is 1.46. The average molecular weight is 72.1 g/mol. The molecule has 0 heterocycles. The summed E-state index contributed by atoms with van der Waals surface area (Å²) in [5.41, 5.74) is 0. The van der Waals surface area contributed by atoms with Crippen molar-refractivity contribution in [2.75, 3.05) is 0 Å². The lowest BCUT2D eigenvalue weighted by molar-refractivity contribution is 1.70. The molecule has 0 aromatic carbocycles. The molecule has 0 aromatic rings. The molecule has 0 aliphatic carbocycles. The van der Waals surface area contributed by atoms with Crippen LogP contribution in [0.3, 0.4) is 0 Å². The molecule has 0 saturated heterocycles. The summed E-state index contributed by atoms with van der Waals surface area (Å²) in [5.74, 6) is 0. The molecule has 0 aromatic heterocycles. The molecule has 0 atom stereocenters. The van der Waals surface area contributed by atoms with Gasteiger partial charge in [0.1, 0.15) is 0 Å². The van der Waals surface area contributed by atoms with Gasteiger partial charge < -0.3 is 0 Å². The Morgan fingerprint density at radius 3 is 2.25 bits per heavy atom. The highest BCUT2D eigenvalue weighted by Gasteiger charge is 1.38. The summed E-state index contributed by atoms with van der Waals surface area (Å²) in [6.45, 7) is 1.77. The fraction of sp³-hybridized carbons (Fsp3) is 0.333. The van der Waals surface area contributed by atoms with E-state index in [0.29, 0.717) is 0 Å². The van der Waals surface area contributed by atoms with E-state index in [4.69, 9.17) is 0 Å². The van der Waals surface area contributed by atoms with Gasteiger partial charge in [-0.05, 0) is 13.0 Å². The minimum absolute atomic E-state index is 1.46. The predicted octanol–water partition coefficient (Wildman–Crippen LogP) is 1.52. The first-order chi connectivity index (χ1) is 1.91. The van der Waals surface area contributed by atoms with Crippen molar-refractivity contribution in [3.63, 3.8) is 0 Å². The van der Waals surface area contributed by atoms with Crippen molar-refractivity contribution in [2.24, 2.45) is 0 Å². The normalized spacial score (nSPS) is 9.25. The summed E-state index contributed by atoms with van der Waals surface area (Å²) in [6.07, 6.45) is 2.62. The topological polar surface area (TPSA) is 0 Å². The van der Waals surface area contributed by atoms with E-state index in [0.717, 1.165) is 0 Å². The van der Waals surface area contributed by atoms with Crippen LogP contribution < -0.4 is 0 Å². The third-order valence-corrected chi connectivity index (χ3v) is 0.354. The Morgan fingerprint density at radius 1 is 2.00 bits per heavy atom. The highest BCUT2D eigenvalue weighted by molar-refractivity contribution is 7.83. The summed E-state index contributed by atoms with van der Waals surface area (Å²) in [4.78, 5) is 0. The Labute approximate surface area is 31.9 Å². The third kappa shape index (κ3) is 1.96. The molecular weight excluding hydrogens is 68.1 g/mol. The van der Waals surface area contributed by atoms with Crippen molar-refractivity contribution in [1.29, 1.82) is 0 Å². The summed E-state index contributed by atoms with van der Waals surface area (Å²) < 4.78 is 0. The first-order valence-electron chi connectivity index (χ1n) is 1.02. The first-order valence-corrected chi connectivity index (χ1v) is 1.50. The lowest BCUT2D eigenvalue weighted by Gasteiger charge is -1.45. The van der Waals surface area contributed by atoms with Crippen molar-refractivity contribution in [3.8, 4) is 0 Å². The fourth-order valence-electron chi connectivity index (χ4n) is 0. The fourth-order valence-corrected chi connectivity index (χ4v) is 0. The van der Waals surface area contributed by atoms with Crippen LogP contribution in [0.1, 0.15) is 6.92 Å². The van der Waals surface area contributed by atoms with E-state index < -0.39 is 0 Å². The third-order valence-electron chi connectivity index (χ3n) is 0.118. The maximum absolute atomic E-state index is 4.32. The minimum Gasteiger partial charge on any atom is -0.0884 e. The number of hydrogen-bond acceptors (Lipinski definition) is 0. The molecule has 0 saturated carbocycles. The Morgan fingerprint density at radius 2 is 2.25 bits per heavy atom. The van der Waals surface area contributed by atoms with E-state index >= 15 is 0 Å². The Hall–Kier alpha value is -0.0400. The van der Waals surface area contributed by atoms with Crippen LogP contribution >= 0.6 is 12.6 Å². The van der Waals surface area contributed by atoms with Gasteiger partial charge >= 0.3 is 0 Å². The molecule has 22 valence electrons. The quantitative estimate of drug-likeness (QED) is 0.407. The number of allylic oxidation sites excluding steroid dienone is 1. The summed E-state index contributed by atoms with van der Waals surface area (Å²) >= 11 is 4.32. The van der Waals surface area contributed by atoms with Gasteiger partial charge in [-0.15, -0.1) is 0 Å². The lowest BCUT2D eigenvalue weighted by atomic mass is 10.8. The van der Waals surface area contributed by atoms with Gasteiger partial charge in [0.2, 0.25) is 0 Å². The van der Waals surface area contributed by atoms with Crippen LogP contribution in [0.2, 0.25) is 0 Å². The molecule has 4 heavy (non-hydrogen) atoms. The maximum Gasteiger partial charge on any atom is 0.00457 e. The zero-order valence-corrected chi connectivity index (χ0v) is 3.30. The second-order valence-corrected chi connectivity index (χ2v) is 0.642. The highest BCUT2D eigenvalue weighted by Crippen LogP contribution is 1.67. The molecular formula is C3H4S. The van der Waals surface area contributed by atoms with Gasteiger partial charge in [-0.25, -0.2) is 0 Å². The average Bonchev–Trinajstić information content (AvgIpc) is 1.37. The van der Waals surface area contributed by atoms with Gasteiger partial charge in [0, 0.05) is 5.41 Å². The van der Waals surface area contributed by atoms with Crippen molar-refractivity contribution in [3.05, 3.63) is 11.5 Å². The molecule has 0 fully saturated rings. The van der Waals surface area contributed by atoms with Gasteiger partial charge in [-0.1, -0.05) is 12.6 Å². The molecule has 0 bridgehead atoms. The van der Waals surface area contributed by atoms with Crippen molar-refractivity contribution >= 4 is 12.6 Å². The van der Waals surface area contributed by atoms with Crippen LogP contribution in [-0.2, 0) is 0 Å². The van der Waals surface area contributed by atoms with Gasteiger partial charge in [0.15, 0.2) is 0 Å². The zero-order chi connectivity index (χ0) is 3.41. The summed E-state index contributed by atoms with van der Waals surface area (Å²) in [5, 5.41) is 1.46. The molecule has 1 heteroatoms. The smallest absolute Gasteiger partial charge is 0.00457 e. The Kier molecular flexibility index (Phi) is 2.93. The van der Waals surface area contributed by atoms with Crippen LogP contribution in [0.15, 0.2) is 5.41 Å². The van der Waals surface area contributed by atoms with Crippen LogP contribution in [0.5, 0.6) is 0 Å².